The van der Waals surface area contributed by atoms with Crippen LogP contribution in [0.25, 0.3) is 0 Å². The van der Waals surface area contributed by atoms with Crippen molar-refractivity contribution in [2.45, 2.75) is 212 Å². The Morgan fingerprint density at radius 2 is 1.03 bits per heavy atom. The zero-order chi connectivity index (χ0) is 46.0. The van der Waals surface area contributed by atoms with Crippen molar-refractivity contribution in [1.29, 1.82) is 0 Å². The van der Waals surface area contributed by atoms with Crippen LogP contribution in [0.4, 0.5) is 0 Å². The van der Waals surface area contributed by atoms with Crippen LogP contribution in [0.5, 0.6) is 0 Å². The first-order valence-electron chi connectivity index (χ1n) is 24.5. The molecule has 0 bridgehead atoms. The van der Waals surface area contributed by atoms with Crippen LogP contribution < -0.4 is 0 Å². The number of phosphoric ester groups is 1. The van der Waals surface area contributed by atoms with E-state index in [1.165, 1.54) is 103 Å². The Labute approximate surface area is 379 Å². The predicted molar refractivity (Wildman–Crippen MR) is 255 cm³/mol. The number of rotatable bonds is 44. The number of quaternary nitrogens is 1. The van der Waals surface area contributed by atoms with E-state index in [2.05, 4.69) is 50.3 Å². The summed E-state index contributed by atoms with van der Waals surface area (Å²) in [6.45, 7) is 4.06. The molecule has 11 nitrogen and oxygen atoms in total. The summed E-state index contributed by atoms with van der Waals surface area (Å²) in [4.78, 5) is 35.5. The highest BCUT2D eigenvalue weighted by Crippen LogP contribution is 2.43. The van der Waals surface area contributed by atoms with E-state index in [-0.39, 0.29) is 45.3 Å². The SMILES string of the molecule is CCCCC/C=C\C/C=C\C/C=C\CC(O)C(O)CCCC(=O)O[C@H](COC(=O)CCCCCCCCCCC/C=C\CCCCCCCC)COP(=O)(O)OCC[N+](C)(C)C. The molecule has 4 atom stereocenters. The fraction of sp³-hybridized carbons (Fsp3) is 0.800. The number of unbranched alkanes of at least 4 members (excludes halogenated alkanes) is 18. The molecule has 62 heavy (non-hydrogen) atoms. The van der Waals surface area contributed by atoms with Gasteiger partial charge in [-0.05, 0) is 77.0 Å². The number of phosphoric acid groups is 1. The van der Waals surface area contributed by atoms with Gasteiger partial charge in [0.2, 0.25) is 0 Å². The van der Waals surface area contributed by atoms with Gasteiger partial charge >= 0.3 is 19.8 Å². The van der Waals surface area contributed by atoms with Crippen LogP contribution >= 0.6 is 7.82 Å². The third-order valence-electron chi connectivity index (χ3n) is 10.5. The standard InChI is InChI=1S/C50H92NO10P/c1-6-8-10-12-14-16-18-20-21-22-23-24-25-26-28-30-32-34-36-40-49(54)58-44-46(45-60-62(56,57)59-43-42-51(3,4)5)61-50(55)41-37-39-48(53)47(52)38-35-33-31-29-27-19-17-15-13-11-9-7-2/h15,17,20-21,27,29,33,35,46-48,52-53H,6-14,16,18-19,22-26,28,30-32,34,36-45H2,1-5H3/p+1/b17-15-,21-20-,29-27-,35-33-/t46-,47?,48?/m1/s1. The third-order valence-corrected chi connectivity index (χ3v) is 11.5. The summed E-state index contributed by atoms with van der Waals surface area (Å²) in [5.74, 6) is -1.08. The largest absolute Gasteiger partial charge is 0.472 e. The highest BCUT2D eigenvalue weighted by Gasteiger charge is 2.27. The van der Waals surface area contributed by atoms with E-state index in [1.54, 1.807) is 0 Å². The van der Waals surface area contributed by atoms with E-state index >= 15 is 0 Å². The summed E-state index contributed by atoms with van der Waals surface area (Å²) in [5.41, 5.74) is 0. The second kappa shape index (κ2) is 41.6. The molecule has 3 unspecified atom stereocenters. The van der Waals surface area contributed by atoms with Gasteiger partial charge in [-0.2, -0.15) is 0 Å². The lowest BCUT2D eigenvalue weighted by atomic mass is 10.0. The molecule has 0 aliphatic carbocycles. The monoisotopic (exact) mass is 899 g/mol. The quantitative estimate of drug-likeness (QED) is 0.0177. The van der Waals surface area contributed by atoms with Crippen LogP contribution in [0.2, 0.25) is 0 Å². The number of aliphatic hydroxyl groups is 2. The topological polar surface area (TPSA) is 149 Å². The normalized spacial score (nSPS) is 14.9. The number of carbonyl (C=O) groups excluding carboxylic acids is 2. The summed E-state index contributed by atoms with van der Waals surface area (Å²) < 4.78 is 34.2. The van der Waals surface area contributed by atoms with Crippen LogP contribution in [0.1, 0.15) is 194 Å². The molecule has 0 radical (unpaired) electrons. The first-order chi connectivity index (χ1) is 29.8. The average Bonchev–Trinajstić information content (AvgIpc) is 3.22. The first-order valence-corrected chi connectivity index (χ1v) is 26.0. The zero-order valence-electron chi connectivity index (χ0n) is 40.1. The maximum atomic E-state index is 12.8. The molecule has 0 fully saturated rings. The van der Waals surface area contributed by atoms with E-state index in [4.69, 9.17) is 18.5 Å². The summed E-state index contributed by atoms with van der Waals surface area (Å²) >= 11 is 0. The predicted octanol–water partition coefficient (Wildman–Crippen LogP) is 12.2. The Kier molecular flexibility index (Phi) is 40.2. The number of ether oxygens (including phenoxy) is 2. The fourth-order valence-electron chi connectivity index (χ4n) is 6.52. The minimum atomic E-state index is -4.46. The molecular formula is C50H93NO10P+. The lowest BCUT2D eigenvalue weighted by molar-refractivity contribution is -0.870. The van der Waals surface area contributed by atoms with Gasteiger partial charge in [0, 0.05) is 12.8 Å². The lowest BCUT2D eigenvalue weighted by Crippen LogP contribution is -2.37. The Bertz CT molecular complexity index is 1230. The Morgan fingerprint density at radius 1 is 0.565 bits per heavy atom. The van der Waals surface area contributed by atoms with Crippen LogP contribution in [0, 0.1) is 0 Å². The molecule has 0 heterocycles. The van der Waals surface area contributed by atoms with Gasteiger partial charge in [-0.25, -0.2) is 4.57 Å². The number of nitrogens with zero attached hydrogens (tertiary/aromatic N) is 1. The van der Waals surface area contributed by atoms with Crippen molar-refractivity contribution in [2.24, 2.45) is 0 Å². The van der Waals surface area contributed by atoms with Gasteiger partial charge in [0.1, 0.15) is 19.8 Å². The number of esters is 2. The van der Waals surface area contributed by atoms with Crippen molar-refractivity contribution in [1.82, 2.24) is 0 Å². The first kappa shape index (κ1) is 59.9. The molecule has 0 aliphatic rings. The number of aliphatic hydroxyl groups excluding tert-OH is 2. The third kappa shape index (κ3) is 43.2. The smallest absolute Gasteiger partial charge is 0.462 e. The molecule has 0 amide bonds. The summed E-state index contributed by atoms with van der Waals surface area (Å²) in [6.07, 6.45) is 41.8. The Morgan fingerprint density at radius 3 is 1.61 bits per heavy atom. The number of carbonyl (C=O) groups is 2. The summed E-state index contributed by atoms with van der Waals surface area (Å²) in [7, 11) is 1.30. The van der Waals surface area contributed by atoms with Gasteiger partial charge in [0.15, 0.2) is 6.10 Å². The fourth-order valence-corrected chi connectivity index (χ4v) is 7.27. The van der Waals surface area contributed by atoms with Gasteiger partial charge in [0.05, 0.1) is 40.0 Å². The van der Waals surface area contributed by atoms with Gasteiger partial charge in [0.25, 0.3) is 0 Å². The van der Waals surface area contributed by atoms with Gasteiger partial charge in [-0.3, -0.25) is 18.6 Å². The van der Waals surface area contributed by atoms with Gasteiger partial charge < -0.3 is 29.1 Å². The van der Waals surface area contributed by atoms with Crippen molar-refractivity contribution in [3.8, 4) is 0 Å². The van der Waals surface area contributed by atoms with E-state index in [1.807, 2.05) is 33.3 Å². The van der Waals surface area contributed by atoms with E-state index in [0.717, 1.165) is 38.5 Å². The van der Waals surface area contributed by atoms with E-state index in [9.17, 15) is 29.3 Å². The molecule has 0 spiro atoms. The molecule has 3 N–H and O–H groups in total. The molecule has 0 aromatic rings. The second-order valence-corrected chi connectivity index (χ2v) is 19.3. The molecule has 0 saturated heterocycles. The zero-order valence-corrected chi connectivity index (χ0v) is 41.0. The van der Waals surface area contributed by atoms with Crippen molar-refractivity contribution < 1.29 is 52.3 Å². The summed E-state index contributed by atoms with van der Waals surface area (Å²) in [6, 6.07) is 0. The number of hydrogen-bond donors (Lipinski definition) is 3. The van der Waals surface area contributed by atoms with E-state index in [0.29, 0.717) is 17.4 Å². The van der Waals surface area contributed by atoms with Gasteiger partial charge in [-0.15, -0.1) is 0 Å². The molecule has 0 saturated carbocycles. The number of allylic oxidation sites excluding steroid dienone is 7. The molecular weight excluding hydrogens is 806 g/mol. The maximum absolute atomic E-state index is 12.8. The van der Waals surface area contributed by atoms with Crippen molar-refractivity contribution in [2.75, 3.05) is 47.5 Å². The van der Waals surface area contributed by atoms with Crippen molar-refractivity contribution >= 4 is 19.8 Å². The molecule has 12 heteroatoms. The molecule has 362 valence electrons. The van der Waals surface area contributed by atoms with Crippen LogP contribution in [0.3, 0.4) is 0 Å². The summed E-state index contributed by atoms with van der Waals surface area (Å²) in [5, 5.41) is 20.8. The minimum absolute atomic E-state index is 0.0217. The minimum Gasteiger partial charge on any atom is -0.462 e. The second-order valence-electron chi connectivity index (χ2n) is 17.8. The van der Waals surface area contributed by atoms with Crippen molar-refractivity contribution in [3.05, 3.63) is 48.6 Å². The number of hydrogen-bond acceptors (Lipinski definition) is 9. The van der Waals surface area contributed by atoms with Crippen LogP contribution in [0.15, 0.2) is 48.6 Å². The molecule has 0 aliphatic heterocycles. The highest BCUT2D eigenvalue weighted by atomic mass is 31.2. The lowest BCUT2D eigenvalue weighted by Gasteiger charge is -2.24. The van der Waals surface area contributed by atoms with E-state index < -0.39 is 44.7 Å². The molecule has 0 aromatic carbocycles. The maximum Gasteiger partial charge on any atom is 0.472 e. The average molecular weight is 899 g/mol. The van der Waals surface area contributed by atoms with Gasteiger partial charge in [-0.1, -0.05) is 152 Å². The molecule has 0 rings (SSSR count). The van der Waals surface area contributed by atoms with Crippen molar-refractivity contribution in [3.63, 3.8) is 0 Å². The van der Waals surface area contributed by atoms with Crippen LogP contribution in [-0.4, -0.2) is 97.3 Å². The Hall–Kier alpha value is -2.11. The Balaban J connectivity index is 4.51. The molecule has 0 aromatic heterocycles. The highest BCUT2D eigenvalue weighted by molar-refractivity contribution is 7.47. The number of likely N-dealkylation sites (N-methyl/N-ethyl adjacent to an activating group) is 1. The van der Waals surface area contributed by atoms with Crippen LogP contribution in [-0.2, 0) is 32.7 Å².